The van der Waals surface area contributed by atoms with Crippen LogP contribution < -0.4 is 11.3 Å². The highest BCUT2D eigenvalue weighted by Crippen LogP contribution is 2.31. The molecule has 2 rings (SSSR count). The van der Waals surface area contributed by atoms with Gasteiger partial charge in [-0.1, -0.05) is 19.1 Å². The molecule has 1 saturated heterocycles. The Morgan fingerprint density at radius 3 is 2.52 bits per heavy atom. The number of hydrazine groups is 1. The molecule has 0 aliphatic carbocycles. The molecule has 1 aromatic heterocycles. The number of aromatic nitrogens is 3. The van der Waals surface area contributed by atoms with Crippen LogP contribution in [0.5, 0.6) is 0 Å². The van der Waals surface area contributed by atoms with Crippen LogP contribution in [-0.2, 0) is 16.1 Å². The zero-order valence-corrected chi connectivity index (χ0v) is 12.0. The molecular formula is C12H18N6O3. The maximum Gasteiger partial charge on any atom is 0.287 e. The molecule has 9 heteroatoms. The summed E-state index contributed by atoms with van der Waals surface area (Å²) in [6, 6.07) is 0. The molecule has 1 aliphatic heterocycles. The molecule has 21 heavy (non-hydrogen) atoms. The van der Waals surface area contributed by atoms with Crippen LogP contribution in [0, 0.1) is 5.41 Å². The third kappa shape index (κ3) is 3.43. The van der Waals surface area contributed by atoms with Crippen molar-refractivity contribution in [1.29, 1.82) is 0 Å². The van der Waals surface area contributed by atoms with E-state index in [2.05, 4.69) is 10.3 Å². The van der Waals surface area contributed by atoms with Crippen molar-refractivity contribution in [3.8, 4) is 0 Å². The van der Waals surface area contributed by atoms with Gasteiger partial charge in [-0.3, -0.25) is 24.7 Å². The number of rotatable bonds is 4. The molecule has 114 valence electrons. The number of nitrogens with one attached hydrogen (secondary N) is 1. The van der Waals surface area contributed by atoms with Crippen molar-refractivity contribution in [3.05, 3.63) is 11.9 Å². The van der Waals surface area contributed by atoms with Crippen molar-refractivity contribution in [2.45, 2.75) is 33.2 Å². The predicted octanol–water partition coefficient (Wildman–Crippen LogP) is -0.943. The van der Waals surface area contributed by atoms with Crippen molar-refractivity contribution < 1.29 is 14.4 Å². The average molecular weight is 294 g/mol. The fourth-order valence-corrected chi connectivity index (χ4v) is 2.25. The minimum Gasteiger partial charge on any atom is -0.289 e. The zero-order chi connectivity index (χ0) is 15.6. The van der Waals surface area contributed by atoms with E-state index in [0.717, 1.165) is 0 Å². The van der Waals surface area contributed by atoms with Gasteiger partial charge in [0.25, 0.3) is 5.91 Å². The van der Waals surface area contributed by atoms with Crippen LogP contribution in [0.1, 0.15) is 37.2 Å². The second-order valence-electron chi connectivity index (χ2n) is 5.80. The molecule has 0 unspecified atom stereocenters. The lowest BCUT2D eigenvalue weighted by atomic mass is 9.82. The summed E-state index contributed by atoms with van der Waals surface area (Å²) < 4.78 is 1.39. The van der Waals surface area contributed by atoms with Crippen molar-refractivity contribution in [2.24, 2.45) is 11.3 Å². The first-order valence-electron chi connectivity index (χ1n) is 6.57. The first kappa shape index (κ1) is 15.1. The topological polar surface area (TPSA) is 123 Å². The number of nitrogens with zero attached hydrogens (tertiary/aromatic N) is 4. The smallest absolute Gasteiger partial charge is 0.287 e. The van der Waals surface area contributed by atoms with Gasteiger partial charge in [-0.05, 0) is 5.41 Å². The first-order valence-corrected chi connectivity index (χ1v) is 6.57. The summed E-state index contributed by atoms with van der Waals surface area (Å²) in [7, 11) is 0. The molecule has 1 aliphatic rings. The van der Waals surface area contributed by atoms with Gasteiger partial charge in [0.1, 0.15) is 0 Å². The van der Waals surface area contributed by atoms with Gasteiger partial charge in [-0.25, -0.2) is 10.5 Å². The highest BCUT2D eigenvalue weighted by atomic mass is 16.2. The third-order valence-electron chi connectivity index (χ3n) is 3.32. The van der Waals surface area contributed by atoms with E-state index in [1.54, 1.807) is 0 Å². The van der Waals surface area contributed by atoms with Gasteiger partial charge in [-0.15, -0.1) is 5.10 Å². The van der Waals surface area contributed by atoms with Gasteiger partial charge in [0.15, 0.2) is 5.69 Å². The summed E-state index contributed by atoms with van der Waals surface area (Å²) in [5.74, 6) is 4.08. The molecule has 0 atom stereocenters. The van der Waals surface area contributed by atoms with Gasteiger partial charge in [0, 0.05) is 19.4 Å². The fraction of sp³-hybridized carbons (Fsp3) is 0.583. The van der Waals surface area contributed by atoms with Gasteiger partial charge < -0.3 is 0 Å². The molecule has 3 amide bonds. The summed E-state index contributed by atoms with van der Waals surface area (Å²) in [4.78, 5) is 36.4. The quantitative estimate of drug-likeness (QED) is 0.319. The van der Waals surface area contributed by atoms with Gasteiger partial charge in [-0.2, -0.15) is 0 Å². The van der Waals surface area contributed by atoms with Crippen LogP contribution in [0.4, 0.5) is 0 Å². The second-order valence-corrected chi connectivity index (χ2v) is 5.80. The molecular weight excluding hydrogens is 276 g/mol. The monoisotopic (exact) mass is 294 g/mol. The zero-order valence-electron chi connectivity index (χ0n) is 12.0. The minimum atomic E-state index is -0.548. The SMILES string of the molecule is CC1(C)CC(=O)N(CCn2cc(C(=O)NN)nn2)C(=O)C1. The average Bonchev–Trinajstić information content (AvgIpc) is 2.84. The summed E-state index contributed by atoms with van der Waals surface area (Å²) in [6.45, 7) is 4.29. The number of imide groups is 1. The lowest BCUT2D eigenvalue weighted by Gasteiger charge is -2.34. The Morgan fingerprint density at radius 1 is 1.33 bits per heavy atom. The molecule has 0 aromatic carbocycles. The third-order valence-corrected chi connectivity index (χ3v) is 3.32. The molecule has 0 bridgehead atoms. The summed E-state index contributed by atoms with van der Waals surface area (Å²) in [5, 5.41) is 7.39. The molecule has 1 aromatic rings. The normalized spacial score (nSPS) is 18.0. The maximum absolute atomic E-state index is 12.0. The van der Waals surface area contributed by atoms with Crippen LogP contribution in [0.15, 0.2) is 6.20 Å². The summed E-state index contributed by atoms with van der Waals surface area (Å²) in [5.41, 5.74) is 1.74. The maximum atomic E-state index is 12.0. The fourth-order valence-electron chi connectivity index (χ4n) is 2.25. The lowest BCUT2D eigenvalue weighted by Crippen LogP contribution is -2.47. The van der Waals surface area contributed by atoms with Gasteiger partial charge >= 0.3 is 0 Å². The Labute approximate surface area is 121 Å². The van der Waals surface area contributed by atoms with Crippen molar-refractivity contribution in [1.82, 2.24) is 25.3 Å². The highest BCUT2D eigenvalue weighted by molar-refractivity contribution is 5.98. The van der Waals surface area contributed by atoms with Crippen LogP contribution >= 0.6 is 0 Å². The van der Waals surface area contributed by atoms with E-state index in [1.165, 1.54) is 15.8 Å². The molecule has 0 radical (unpaired) electrons. The number of nitrogens with two attached hydrogens (primary N) is 1. The Bertz CT molecular complexity index is 559. The largest absolute Gasteiger partial charge is 0.289 e. The Morgan fingerprint density at radius 2 is 1.95 bits per heavy atom. The lowest BCUT2D eigenvalue weighted by molar-refractivity contribution is -0.152. The Balaban J connectivity index is 1.97. The molecule has 1 fully saturated rings. The molecule has 0 saturated carbocycles. The van der Waals surface area contributed by atoms with Crippen molar-refractivity contribution in [3.63, 3.8) is 0 Å². The number of hydrogen-bond donors (Lipinski definition) is 2. The number of amides is 3. The number of carbonyl (C=O) groups excluding carboxylic acids is 3. The van der Waals surface area contributed by atoms with E-state index in [4.69, 9.17) is 5.84 Å². The number of carbonyl (C=O) groups is 3. The second kappa shape index (κ2) is 5.60. The summed E-state index contributed by atoms with van der Waals surface area (Å²) in [6.07, 6.45) is 2.10. The Hall–Kier alpha value is -2.29. The van der Waals surface area contributed by atoms with Crippen molar-refractivity contribution >= 4 is 17.7 Å². The number of hydrogen-bond acceptors (Lipinski definition) is 6. The highest BCUT2D eigenvalue weighted by Gasteiger charge is 2.37. The Kier molecular flexibility index (Phi) is 4.03. The van der Waals surface area contributed by atoms with Gasteiger partial charge in [0.05, 0.1) is 12.7 Å². The van der Waals surface area contributed by atoms with Crippen LogP contribution in [-0.4, -0.2) is 44.2 Å². The number of nitrogen functional groups attached to an aromatic ring is 1. The predicted molar refractivity (Wildman–Crippen MR) is 71.4 cm³/mol. The molecule has 9 nitrogen and oxygen atoms in total. The molecule has 2 heterocycles. The van der Waals surface area contributed by atoms with Crippen LogP contribution in [0.2, 0.25) is 0 Å². The van der Waals surface area contributed by atoms with E-state index < -0.39 is 5.91 Å². The minimum absolute atomic E-state index is 0.0786. The van der Waals surface area contributed by atoms with E-state index in [0.29, 0.717) is 12.8 Å². The number of piperidine rings is 1. The van der Waals surface area contributed by atoms with E-state index in [1.807, 2.05) is 19.3 Å². The molecule has 3 N–H and O–H groups in total. The van der Waals surface area contributed by atoms with Crippen LogP contribution in [0.25, 0.3) is 0 Å². The van der Waals surface area contributed by atoms with E-state index in [9.17, 15) is 14.4 Å². The van der Waals surface area contributed by atoms with Gasteiger partial charge in [0.2, 0.25) is 11.8 Å². The van der Waals surface area contributed by atoms with Crippen molar-refractivity contribution in [2.75, 3.05) is 6.54 Å². The number of likely N-dealkylation sites (tertiary alicyclic amines) is 1. The van der Waals surface area contributed by atoms with E-state index in [-0.39, 0.29) is 36.0 Å². The first-order chi connectivity index (χ1) is 9.82. The standard InChI is InChI=1S/C12H18N6O3/c1-12(2)5-9(19)18(10(20)6-12)4-3-17-7-8(15-16-17)11(21)14-13/h7H,3-6,13H2,1-2H3,(H,14,21). The van der Waals surface area contributed by atoms with Crippen LogP contribution in [0.3, 0.4) is 0 Å². The summed E-state index contributed by atoms with van der Waals surface area (Å²) >= 11 is 0. The molecule has 0 spiro atoms. The van der Waals surface area contributed by atoms with E-state index >= 15 is 0 Å².